The van der Waals surface area contributed by atoms with Crippen molar-refractivity contribution in [1.82, 2.24) is 14.8 Å². The maximum atomic E-state index is 12.8. The number of ether oxygens (including phenoxy) is 2. The van der Waals surface area contributed by atoms with Gasteiger partial charge in [0.1, 0.15) is 23.1 Å². The molecule has 0 aliphatic heterocycles. The molecule has 3 heterocycles. The van der Waals surface area contributed by atoms with Gasteiger partial charge in [-0.2, -0.15) is 5.10 Å². The Balaban J connectivity index is 1.41. The second-order valence-electron chi connectivity index (χ2n) is 8.21. The van der Waals surface area contributed by atoms with Gasteiger partial charge < -0.3 is 19.2 Å². The van der Waals surface area contributed by atoms with Gasteiger partial charge in [0.25, 0.3) is 0 Å². The highest BCUT2D eigenvalue weighted by atomic mass is 16.5. The molecule has 182 valence electrons. The highest BCUT2D eigenvalue weighted by molar-refractivity contribution is 6.04. The van der Waals surface area contributed by atoms with Crippen LogP contribution in [0, 0.1) is 6.92 Å². The highest BCUT2D eigenvalue weighted by Crippen LogP contribution is 2.27. The number of fused-ring (bicyclic) bond motifs is 1. The Morgan fingerprint density at radius 2 is 1.81 bits per heavy atom. The molecule has 0 saturated heterocycles. The maximum absolute atomic E-state index is 12.8. The van der Waals surface area contributed by atoms with Gasteiger partial charge in [0.2, 0.25) is 0 Å². The smallest absolute Gasteiger partial charge is 0.339 e. The van der Waals surface area contributed by atoms with Gasteiger partial charge in [-0.15, -0.1) is 0 Å². The van der Waals surface area contributed by atoms with E-state index < -0.39 is 5.97 Å². The summed E-state index contributed by atoms with van der Waals surface area (Å²) in [5, 5.41) is 8.60. The standard InChI is InChI=1S/C28H26N4O4/c1-3-34-28(33)24-16-25(29-17-23-10-7-15-35-23)30-27-26(24)19(2)32(31-27)18-20-11-13-22(14-12-20)36-21-8-5-4-6-9-21/h4-16H,3,17-18H2,1-2H3,(H,29,30,31). The van der Waals surface area contributed by atoms with Gasteiger partial charge in [-0.05, 0) is 61.9 Å². The molecular weight excluding hydrogens is 456 g/mol. The summed E-state index contributed by atoms with van der Waals surface area (Å²) in [6.45, 7) is 4.95. The van der Waals surface area contributed by atoms with Crippen LogP contribution in [0.3, 0.4) is 0 Å². The van der Waals surface area contributed by atoms with Crippen LogP contribution in [0.2, 0.25) is 0 Å². The van der Waals surface area contributed by atoms with E-state index in [2.05, 4.69) is 10.3 Å². The number of anilines is 1. The fraction of sp³-hybridized carbons (Fsp3) is 0.179. The molecular formula is C28H26N4O4. The second kappa shape index (κ2) is 10.4. The number of esters is 1. The molecule has 0 spiro atoms. The molecule has 0 amide bonds. The van der Waals surface area contributed by atoms with Crippen LogP contribution in [-0.4, -0.2) is 27.3 Å². The summed E-state index contributed by atoms with van der Waals surface area (Å²) >= 11 is 0. The number of benzene rings is 2. The van der Waals surface area contributed by atoms with Crippen molar-refractivity contribution in [1.29, 1.82) is 0 Å². The Morgan fingerprint density at radius 1 is 1.03 bits per heavy atom. The number of hydrogen-bond donors (Lipinski definition) is 1. The van der Waals surface area contributed by atoms with Crippen molar-refractivity contribution in [2.45, 2.75) is 26.9 Å². The molecule has 36 heavy (non-hydrogen) atoms. The van der Waals surface area contributed by atoms with Gasteiger partial charge >= 0.3 is 5.97 Å². The molecule has 0 radical (unpaired) electrons. The molecule has 0 fully saturated rings. The normalized spacial score (nSPS) is 10.9. The Hall–Kier alpha value is -4.59. The Bertz CT molecular complexity index is 1460. The number of aryl methyl sites for hydroxylation is 1. The minimum Gasteiger partial charge on any atom is -0.467 e. The highest BCUT2D eigenvalue weighted by Gasteiger charge is 2.20. The van der Waals surface area contributed by atoms with Crippen molar-refractivity contribution in [3.63, 3.8) is 0 Å². The average Bonchev–Trinajstić information content (AvgIpc) is 3.52. The average molecular weight is 483 g/mol. The number of furan rings is 1. The quantitative estimate of drug-likeness (QED) is 0.259. The van der Waals surface area contributed by atoms with Crippen molar-refractivity contribution >= 4 is 22.8 Å². The molecule has 8 heteroatoms. The van der Waals surface area contributed by atoms with Crippen molar-refractivity contribution in [2.75, 3.05) is 11.9 Å². The molecule has 3 aromatic heterocycles. The van der Waals surface area contributed by atoms with Crippen LogP contribution < -0.4 is 10.1 Å². The van der Waals surface area contributed by atoms with Crippen LogP contribution in [0.15, 0.2) is 83.5 Å². The van der Waals surface area contributed by atoms with E-state index in [0.29, 0.717) is 35.5 Å². The van der Waals surface area contributed by atoms with Crippen molar-refractivity contribution < 1.29 is 18.7 Å². The van der Waals surface area contributed by atoms with Gasteiger partial charge in [-0.1, -0.05) is 30.3 Å². The lowest BCUT2D eigenvalue weighted by Crippen LogP contribution is -2.08. The first-order valence-electron chi connectivity index (χ1n) is 11.7. The van der Waals surface area contributed by atoms with Crippen LogP contribution in [0.4, 0.5) is 5.82 Å². The van der Waals surface area contributed by atoms with Crippen LogP contribution in [-0.2, 0) is 17.8 Å². The van der Waals surface area contributed by atoms with Gasteiger partial charge in [0, 0.05) is 5.69 Å². The predicted molar refractivity (Wildman–Crippen MR) is 136 cm³/mol. The third kappa shape index (κ3) is 5.07. The Morgan fingerprint density at radius 3 is 2.53 bits per heavy atom. The maximum Gasteiger partial charge on any atom is 0.339 e. The van der Waals surface area contributed by atoms with Crippen molar-refractivity contribution in [3.8, 4) is 11.5 Å². The summed E-state index contributed by atoms with van der Waals surface area (Å²) in [4.78, 5) is 17.5. The van der Waals surface area contributed by atoms with E-state index in [0.717, 1.165) is 28.5 Å². The second-order valence-corrected chi connectivity index (χ2v) is 8.21. The predicted octanol–water partition coefficient (Wildman–Crippen LogP) is 5.96. The summed E-state index contributed by atoms with van der Waals surface area (Å²) in [5.74, 6) is 2.42. The summed E-state index contributed by atoms with van der Waals surface area (Å²) < 4.78 is 18.4. The molecule has 0 saturated carbocycles. The molecule has 5 aromatic rings. The molecule has 0 aliphatic rings. The zero-order chi connectivity index (χ0) is 24.9. The number of para-hydroxylation sites is 1. The topological polar surface area (TPSA) is 91.4 Å². The largest absolute Gasteiger partial charge is 0.467 e. The summed E-state index contributed by atoms with van der Waals surface area (Å²) in [7, 11) is 0. The number of nitrogens with one attached hydrogen (secondary N) is 1. The first kappa shape index (κ1) is 23.2. The summed E-state index contributed by atoms with van der Waals surface area (Å²) in [5.41, 5.74) is 2.78. The lowest BCUT2D eigenvalue weighted by atomic mass is 10.1. The summed E-state index contributed by atoms with van der Waals surface area (Å²) in [6, 6.07) is 22.9. The fourth-order valence-electron chi connectivity index (χ4n) is 3.94. The van der Waals surface area contributed by atoms with E-state index in [-0.39, 0.29) is 6.61 Å². The first-order valence-corrected chi connectivity index (χ1v) is 11.7. The van der Waals surface area contributed by atoms with E-state index in [4.69, 9.17) is 19.0 Å². The third-order valence-electron chi connectivity index (χ3n) is 5.72. The Labute approximate surface area is 208 Å². The molecule has 0 bridgehead atoms. The number of nitrogens with zero attached hydrogens (tertiary/aromatic N) is 3. The van der Waals surface area contributed by atoms with E-state index in [9.17, 15) is 4.79 Å². The molecule has 2 aromatic carbocycles. The van der Waals surface area contributed by atoms with Gasteiger partial charge in [-0.25, -0.2) is 9.78 Å². The number of pyridine rings is 1. The van der Waals surface area contributed by atoms with Crippen molar-refractivity contribution in [2.24, 2.45) is 0 Å². The van der Waals surface area contributed by atoms with Crippen LogP contribution in [0.1, 0.15) is 34.3 Å². The number of hydrogen-bond acceptors (Lipinski definition) is 7. The lowest BCUT2D eigenvalue weighted by molar-refractivity contribution is 0.0528. The molecule has 0 atom stereocenters. The molecule has 1 N–H and O–H groups in total. The Kier molecular flexibility index (Phi) is 6.66. The SMILES string of the molecule is CCOC(=O)c1cc(NCc2ccco2)nc2nn(Cc3ccc(Oc4ccccc4)cc3)c(C)c12. The summed E-state index contributed by atoms with van der Waals surface area (Å²) in [6.07, 6.45) is 1.61. The fourth-order valence-corrected chi connectivity index (χ4v) is 3.94. The minimum absolute atomic E-state index is 0.280. The zero-order valence-corrected chi connectivity index (χ0v) is 20.1. The first-order chi connectivity index (χ1) is 17.6. The number of carbonyl (C=O) groups excluding carboxylic acids is 1. The van der Waals surface area contributed by atoms with Crippen LogP contribution in [0.25, 0.3) is 11.0 Å². The number of carbonyl (C=O) groups is 1. The van der Waals surface area contributed by atoms with Gasteiger partial charge in [0.05, 0.1) is 36.9 Å². The molecule has 0 aliphatic carbocycles. The van der Waals surface area contributed by atoms with E-state index in [1.54, 1.807) is 19.3 Å². The molecule has 5 rings (SSSR count). The van der Waals surface area contributed by atoms with Crippen molar-refractivity contribution in [3.05, 3.63) is 102 Å². The molecule has 0 unspecified atom stereocenters. The number of aromatic nitrogens is 3. The van der Waals surface area contributed by atoms with E-state index >= 15 is 0 Å². The molecule has 8 nitrogen and oxygen atoms in total. The van der Waals surface area contributed by atoms with E-state index in [1.165, 1.54) is 0 Å². The van der Waals surface area contributed by atoms with Gasteiger partial charge in [0.15, 0.2) is 5.65 Å². The number of rotatable bonds is 9. The van der Waals surface area contributed by atoms with Crippen LogP contribution >= 0.6 is 0 Å². The minimum atomic E-state index is -0.406. The third-order valence-corrected chi connectivity index (χ3v) is 5.72. The lowest BCUT2D eigenvalue weighted by Gasteiger charge is -2.09. The van der Waals surface area contributed by atoms with Crippen LogP contribution in [0.5, 0.6) is 11.5 Å². The van der Waals surface area contributed by atoms with Gasteiger partial charge in [-0.3, -0.25) is 4.68 Å². The zero-order valence-electron chi connectivity index (χ0n) is 20.1. The monoisotopic (exact) mass is 482 g/mol. The van der Waals surface area contributed by atoms with E-state index in [1.807, 2.05) is 78.3 Å².